The number of carbonyl (C=O) groups is 1. The van der Waals surface area contributed by atoms with E-state index in [9.17, 15) is 18.0 Å². The number of halogens is 3. The Morgan fingerprint density at radius 2 is 2.24 bits per heavy atom. The quantitative estimate of drug-likeness (QED) is 0.689. The molecule has 6 nitrogen and oxygen atoms in total. The van der Waals surface area contributed by atoms with Gasteiger partial charge in [0.25, 0.3) is 0 Å². The second-order valence-corrected chi connectivity index (χ2v) is 4.82. The molecule has 1 N–H and O–H groups in total. The number of hydrogen-bond acceptors (Lipinski definition) is 6. The maximum atomic E-state index is 12.5. The summed E-state index contributed by atoms with van der Waals surface area (Å²) in [6.45, 7) is 1.66. The number of rotatable bonds is 4. The minimum absolute atomic E-state index is 0.128. The largest absolute Gasteiger partial charge is 0.433 e. The minimum Gasteiger partial charge on any atom is -0.360 e. The molecule has 112 valence electrons. The third-order valence-corrected chi connectivity index (χ3v) is 3.01. The molecule has 0 aromatic carbocycles. The molecule has 21 heavy (non-hydrogen) atoms. The van der Waals surface area contributed by atoms with Gasteiger partial charge in [0.1, 0.15) is 11.5 Å². The molecule has 0 aliphatic heterocycles. The molecule has 2 rings (SSSR count). The van der Waals surface area contributed by atoms with Gasteiger partial charge in [0.15, 0.2) is 11.0 Å². The molecule has 0 radical (unpaired) electrons. The molecule has 0 saturated carbocycles. The summed E-state index contributed by atoms with van der Waals surface area (Å²) < 4.78 is 42.1. The molecular weight excluding hydrogens is 309 g/mol. The van der Waals surface area contributed by atoms with Crippen molar-refractivity contribution < 1.29 is 22.5 Å². The minimum atomic E-state index is -4.54. The van der Waals surface area contributed by atoms with E-state index in [1.54, 1.807) is 6.92 Å². The standard InChI is InChI=1S/C11H9F3N4O2S/c1-6-4-8(18-20-6)17-9(19)5-21-10-15-3-2-7(16-10)11(12,13)14/h2-4H,5H2,1H3,(H,17,18,19). The van der Waals surface area contributed by atoms with E-state index < -0.39 is 17.8 Å². The molecule has 0 spiro atoms. The fourth-order valence-corrected chi connectivity index (χ4v) is 1.93. The van der Waals surface area contributed by atoms with Gasteiger partial charge in [-0.25, -0.2) is 9.97 Å². The van der Waals surface area contributed by atoms with Gasteiger partial charge >= 0.3 is 6.18 Å². The predicted molar refractivity (Wildman–Crippen MR) is 67.6 cm³/mol. The van der Waals surface area contributed by atoms with Crippen molar-refractivity contribution >= 4 is 23.5 Å². The normalized spacial score (nSPS) is 11.4. The zero-order valence-electron chi connectivity index (χ0n) is 10.6. The molecule has 1 amide bonds. The zero-order chi connectivity index (χ0) is 15.5. The SMILES string of the molecule is Cc1cc(NC(=O)CSc2nccc(C(F)(F)F)n2)no1. The smallest absolute Gasteiger partial charge is 0.360 e. The van der Waals surface area contributed by atoms with Crippen LogP contribution in [0, 0.1) is 6.92 Å². The Kier molecular flexibility index (Phi) is 4.46. The second kappa shape index (κ2) is 6.12. The third kappa shape index (κ3) is 4.45. The summed E-state index contributed by atoms with van der Waals surface area (Å²) in [7, 11) is 0. The summed E-state index contributed by atoms with van der Waals surface area (Å²) in [4.78, 5) is 18.6. The van der Waals surface area contributed by atoms with Crippen molar-refractivity contribution in [2.75, 3.05) is 11.1 Å². The van der Waals surface area contributed by atoms with Crippen LogP contribution in [0.4, 0.5) is 19.0 Å². The molecule has 0 aliphatic rings. The Morgan fingerprint density at radius 1 is 1.48 bits per heavy atom. The molecule has 2 aromatic heterocycles. The Balaban J connectivity index is 1.92. The van der Waals surface area contributed by atoms with Gasteiger partial charge in [-0.1, -0.05) is 16.9 Å². The lowest BCUT2D eigenvalue weighted by atomic mass is 10.4. The number of nitrogens with one attached hydrogen (secondary N) is 1. The maximum Gasteiger partial charge on any atom is 0.433 e. The number of carbonyl (C=O) groups excluding carboxylic acids is 1. The Labute approximate surface area is 121 Å². The van der Waals surface area contributed by atoms with Crippen molar-refractivity contribution in [3.63, 3.8) is 0 Å². The van der Waals surface area contributed by atoms with Crippen LogP contribution < -0.4 is 5.32 Å². The zero-order valence-corrected chi connectivity index (χ0v) is 11.5. The van der Waals surface area contributed by atoms with E-state index in [-0.39, 0.29) is 16.7 Å². The van der Waals surface area contributed by atoms with Crippen molar-refractivity contribution in [1.82, 2.24) is 15.1 Å². The van der Waals surface area contributed by atoms with E-state index in [2.05, 4.69) is 20.4 Å². The molecule has 2 heterocycles. The van der Waals surface area contributed by atoms with Crippen LogP contribution in [0.3, 0.4) is 0 Å². The van der Waals surface area contributed by atoms with Crippen LogP contribution in [0.15, 0.2) is 28.0 Å². The first kappa shape index (κ1) is 15.3. The first-order chi connectivity index (χ1) is 9.84. The predicted octanol–water partition coefficient (Wildman–Crippen LogP) is 2.52. The van der Waals surface area contributed by atoms with Gasteiger partial charge in [-0.2, -0.15) is 13.2 Å². The molecule has 0 saturated heterocycles. The van der Waals surface area contributed by atoms with Crippen molar-refractivity contribution in [3.05, 3.63) is 29.8 Å². The van der Waals surface area contributed by atoms with Gasteiger partial charge in [-0.3, -0.25) is 4.79 Å². The summed E-state index contributed by atoms with van der Waals surface area (Å²) in [6, 6.07) is 2.28. The number of thioether (sulfide) groups is 1. The molecule has 0 bridgehead atoms. The Bertz CT molecular complexity index is 644. The second-order valence-electron chi connectivity index (χ2n) is 3.88. The summed E-state index contributed by atoms with van der Waals surface area (Å²) in [5.74, 6) is 0.171. The monoisotopic (exact) mass is 318 g/mol. The summed E-state index contributed by atoms with van der Waals surface area (Å²) >= 11 is 0.792. The highest BCUT2D eigenvalue weighted by Crippen LogP contribution is 2.28. The van der Waals surface area contributed by atoms with Gasteiger partial charge in [0, 0.05) is 12.3 Å². The molecule has 2 aromatic rings. The molecule has 10 heteroatoms. The van der Waals surface area contributed by atoms with E-state index in [0.717, 1.165) is 24.0 Å². The van der Waals surface area contributed by atoms with Crippen LogP contribution in [-0.2, 0) is 11.0 Å². The van der Waals surface area contributed by atoms with Crippen LogP contribution in [0.25, 0.3) is 0 Å². The van der Waals surface area contributed by atoms with Crippen molar-refractivity contribution in [2.24, 2.45) is 0 Å². The number of amides is 1. The molecular formula is C11H9F3N4O2S. The van der Waals surface area contributed by atoms with Crippen molar-refractivity contribution in [3.8, 4) is 0 Å². The maximum absolute atomic E-state index is 12.5. The van der Waals surface area contributed by atoms with Crippen molar-refractivity contribution in [1.29, 1.82) is 0 Å². The third-order valence-electron chi connectivity index (χ3n) is 2.15. The van der Waals surface area contributed by atoms with E-state index in [1.165, 1.54) is 6.07 Å². The number of aromatic nitrogens is 3. The fourth-order valence-electron chi connectivity index (χ4n) is 1.30. The average Bonchev–Trinajstić information content (AvgIpc) is 2.81. The Hall–Kier alpha value is -2.10. The lowest BCUT2D eigenvalue weighted by molar-refractivity contribution is -0.141. The highest BCUT2D eigenvalue weighted by Gasteiger charge is 2.32. The van der Waals surface area contributed by atoms with Crippen LogP contribution in [-0.4, -0.2) is 26.8 Å². The fraction of sp³-hybridized carbons (Fsp3) is 0.273. The highest BCUT2D eigenvalue weighted by molar-refractivity contribution is 7.99. The van der Waals surface area contributed by atoms with Crippen LogP contribution in [0.5, 0.6) is 0 Å². The average molecular weight is 318 g/mol. The van der Waals surface area contributed by atoms with Crippen LogP contribution in [0.1, 0.15) is 11.5 Å². The number of alkyl halides is 3. The van der Waals surface area contributed by atoms with E-state index in [0.29, 0.717) is 5.76 Å². The van der Waals surface area contributed by atoms with Gasteiger partial charge in [-0.15, -0.1) is 0 Å². The van der Waals surface area contributed by atoms with Crippen LogP contribution >= 0.6 is 11.8 Å². The van der Waals surface area contributed by atoms with Gasteiger partial charge in [0.05, 0.1) is 5.75 Å². The van der Waals surface area contributed by atoms with E-state index in [4.69, 9.17) is 4.52 Å². The number of aryl methyl sites for hydroxylation is 1. The summed E-state index contributed by atoms with van der Waals surface area (Å²) in [5, 5.41) is 5.87. The molecule has 0 fully saturated rings. The highest BCUT2D eigenvalue weighted by atomic mass is 32.2. The molecule has 0 aliphatic carbocycles. The van der Waals surface area contributed by atoms with Crippen molar-refractivity contribution in [2.45, 2.75) is 18.3 Å². The van der Waals surface area contributed by atoms with E-state index >= 15 is 0 Å². The van der Waals surface area contributed by atoms with E-state index in [1.807, 2.05) is 0 Å². The summed E-state index contributed by atoms with van der Waals surface area (Å²) in [6.07, 6.45) is -3.55. The van der Waals surface area contributed by atoms with Crippen LogP contribution in [0.2, 0.25) is 0 Å². The number of nitrogens with zero attached hydrogens (tertiary/aromatic N) is 3. The first-order valence-electron chi connectivity index (χ1n) is 5.61. The molecule has 0 atom stereocenters. The summed E-state index contributed by atoms with van der Waals surface area (Å²) in [5.41, 5.74) is -1.05. The lowest BCUT2D eigenvalue weighted by Gasteiger charge is -2.06. The van der Waals surface area contributed by atoms with Gasteiger partial charge in [-0.05, 0) is 13.0 Å². The Morgan fingerprint density at radius 3 is 2.86 bits per heavy atom. The van der Waals surface area contributed by atoms with Gasteiger partial charge < -0.3 is 9.84 Å². The van der Waals surface area contributed by atoms with Gasteiger partial charge in [0.2, 0.25) is 5.91 Å². The number of hydrogen-bond donors (Lipinski definition) is 1. The topological polar surface area (TPSA) is 80.9 Å². The first-order valence-corrected chi connectivity index (χ1v) is 6.59. The lowest BCUT2D eigenvalue weighted by Crippen LogP contribution is -2.15. The molecule has 0 unspecified atom stereocenters. The number of anilines is 1.